The molecule has 2 heterocycles. The second-order valence-corrected chi connectivity index (χ2v) is 5.95. The Balaban J connectivity index is 1.70. The summed E-state index contributed by atoms with van der Waals surface area (Å²) in [6.45, 7) is 4.59. The maximum Gasteiger partial charge on any atom is 0.257 e. The molecule has 2 aromatic heterocycles. The summed E-state index contributed by atoms with van der Waals surface area (Å²) in [6.07, 6.45) is 6.81. The Labute approximate surface area is 147 Å². The fraction of sp³-hybridized carbons (Fsp3) is 0.150. The number of hydrogen-bond acceptors (Lipinski definition) is 4. The Morgan fingerprint density at radius 2 is 1.92 bits per heavy atom. The summed E-state index contributed by atoms with van der Waals surface area (Å²) in [5, 5.41) is 6.21. The van der Waals surface area contributed by atoms with Crippen molar-refractivity contribution < 1.29 is 4.79 Å². The summed E-state index contributed by atoms with van der Waals surface area (Å²) < 4.78 is 0. The average Bonchev–Trinajstić information content (AvgIpc) is 2.64. The van der Waals surface area contributed by atoms with Gasteiger partial charge >= 0.3 is 0 Å². The standard InChI is InChI=1S/C20H20N4O/c1-14-5-6-15(2)19(8-14)24-20(25)17-9-18(13-22-12-17)23-11-16-4-3-7-21-10-16/h3-10,12-13,23H,11H2,1-2H3,(H,24,25). The first kappa shape index (κ1) is 16.6. The van der Waals surface area contributed by atoms with Crippen LogP contribution in [0.4, 0.5) is 11.4 Å². The van der Waals surface area contributed by atoms with Crippen molar-refractivity contribution in [1.82, 2.24) is 9.97 Å². The van der Waals surface area contributed by atoms with Crippen molar-refractivity contribution in [3.63, 3.8) is 0 Å². The van der Waals surface area contributed by atoms with Gasteiger partial charge in [-0.2, -0.15) is 0 Å². The number of aryl methyl sites for hydroxylation is 2. The quantitative estimate of drug-likeness (QED) is 0.742. The third kappa shape index (κ3) is 4.41. The van der Waals surface area contributed by atoms with Gasteiger partial charge in [0, 0.05) is 37.0 Å². The van der Waals surface area contributed by atoms with E-state index in [1.54, 1.807) is 30.9 Å². The molecule has 0 spiro atoms. The summed E-state index contributed by atoms with van der Waals surface area (Å²) in [4.78, 5) is 20.8. The van der Waals surface area contributed by atoms with Crippen LogP contribution < -0.4 is 10.6 Å². The van der Waals surface area contributed by atoms with Crippen LogP contribution in [0.2, 0.25) is 0 Å². The molecule has 3 rings (SSSR count). The maximum absolute atomic E-state index is 12.5. The van der Waals surface area contributed by atoms with Crippen molar-refractivity contribution in [1.29, 1.82) is 0 Å². The molecular formula is C20H20N4O. The van der Waals surface area contributed by atoms with Gasteiger partial charge in [0.05, 0.1) is 11.3 Å². The van der Waals surface area contributed by atoms with Gasteiger partial charge in [-0.1, -0.05) is 18.2 Å². The van der Waals surface area contributed by atoms with E-state index in [2.05, 4.69) is 20.6 Å². The molecule has 0 aliphatic carbocycles. The van der Waals surface area contributed by atoms with E-state index in [4.69, 9.17) is 0 Å². The highest BCUT2D eigenvalue weighted by atomic mass is 16.1. The molecule has 1 amide bonds. The number of amides is 1. The lowest BCUT2D eigenvalue weighted by atomic mass is 10.1. The second kappa shape index (κ2) is 7.57. The van der Waals surface area contributed by atoms with E-state index in [1.165, 1.54) is 0 Å². The molecule has 0 saturated heterocycles. The Hall–Kier alpha value is -3.21. The van der Waals surface area contributed by atoms with Gasteiger partial charge in [-0.15, -0.1) is 0 Å². The highest BCUT2D eigenvalue weighted by Crippen LogP contribution is 2.18. The zero-order valence-electron chi connectivity index (χ0n) is 14.3. The fourth-order valence-corrected chi connectivity index (χ4v) is 2.43. The van der Waals surface area contributed by atoms with E-state index in [0.29, 0.717) is 12.1 Å². The van der Waals surface area contributed by atoms with Crippen LogP contribution >= 0.6 is 0 Å². The lowest BCUT2D eigenvalue weighted by Gasteiger charge is -2.11. The van der Waals surface area contributed by atoms with E-state index in [1.807, 2.05) is 44.2 Å². The van der Waals surface area contributed by atoms with E-state index in [9.17, 15) is 4.79 Å². The summed E-state index contributed by atoms with van der Waals surface area (Å²) in [7, 11) is 0. The topological polar surface area (TPSA) is 66.9 Å². The Morgan fingerprint density at radius 3 is 2.72 bits per heavy atom. The number of nitrogens with zero attached hydrogens (tertiary/aromatic N) is 2. The Morgan fingerprint density at radius 1 is 1.04 bits per heavy atom. The average molecular weight is 332 g/mol. The number of hydrogen-bond donors (Lipinski definition) is 2. The monoisotopic (exact) mass is 332 g/mol. The molecule has 2 N–H and O–H groups in total. The molecule has 5 heteroatoms. The molecule has 0 fully saturated rings. The Kier molecular flexibility index (Phi) is 5.04. The normalized spacial score (nSPS) is 10.3. The number of carbonyl (C=O) groups is 1. The molecule has 25 heavy (non-hydrogen) atoms. The lowest BCUT2D eigenvalue weighted by molar-refractivity contribution is 0.102. The van der Waals surface area contributed by atoms with Crippen LogP contribution in [0.5, 0.6) is 0 Å². The number of pyridine rings is 2. The Bertz CT molecular complexity index is 878. The van der Waals surface area contributed by atoms with Gasteiger partial charge in [-0.05, 0) is 48.7 Å². The van der Waals surface area contributed by atoms with Crippen LogP contribution in [-0.2, 0) is 6.54 Å². The van der Waals surface area contributed by atoms with Crippen molar-refractivity contribution in [2.24, 2.45) is 0 Å². The minimum absolute atomic E-state index is 0.175. The van der Waals surface area contributed by atoms with Crippen LogP contribution in [0.15, 0.2) is 61.2 Å². The van der Waals surface area contributed by atoms with E-state index < -0.39 is 0 Å². The van der Waals surface area contributed by atoms with Gasteiger partial charge in [-0.3, -0.25) is 14.8 Å². The maximum atomic E-state index is 12.5. The first-order valence-corrected chi connectivity index (χ1v) is 8.08. The van der Waals surface area contributed by atoms with Crippen LogP contribution in [0.3, 0.4) is 0 Å². The predicted octanol–water partition coefficient (Wildman–Crippen LogP) is 3.96. The first-order valence-electron chi connectivity index (χ1n) is 8.08. The van der Waals surface area contributed by atoms with Gasteiger partial charge in [-0.25, -0.2) is 0 Å². The molecular weight excluding hydrogens is 312 g/mol. The van der Waals surface area contributed by atoms with Crippen molar-refractivity contribution in [2.75, 3.05) is 10.6 Å². The zero-order chi connectivity index (χ0) is 17.6. The summed E-state index contributed by atoms with van der Waals surface area (Å²) in [6, 6.07) is 11.7. The third-order valence-corrected chi connectivity index (χ3v) is 3.86. The zero-order valence-corrected chi connectivity index (χ0v) is 14.3. The van der Waals surface area contributed by atoms with Crippen molar-refractivity contribution in [3.05, 3.63) is 83.4 Å². The highest BCUT2D eigenvalue weighted by molar-refractivity contribution is 6.05. The number of aromatic nitrogens is 2. The van der Waals surface area contributed by atoms with E-state index in [-0.39, 0.29) is 5.91 Å². The number of carbonyl (C=O) groups excluding carboxylic acids is 1. The van der Waals surface area contributed by atoms with Crippen molar-refractivity contribution in [3.8, 4) is 0 Å². The number of rotatable bonds is 5. The minimum Gasteiger partial charge on any atom is -0.380 e. The number of benzene rings is 1. The molecule has 0 aliphatic heterocycles. The first-order chi connectivity index (χ1) is 12.1. The molecule has 0 atom stereocenters. The summed E-state index contributed by atoms with van der Waals surface area (Å²) in [5.74, 6) is -0.175. The lowest BCUT2D eigenvalue weighted by Crippen LogP contribution is -2.13. The van der Waals surface area contributed by atoms with Crippen LogP contribution in [0.25, 0.3) is 0 Å². The highest BCUT2D eigenvalue weighted by Gasteiger charge is 2.09. The molecule has 126 valence electrons. The van der Waals surface area contributed by atoms with Gasteiger partial charge in [0.15, 0.2) is 0 Å². The van der Waals surface area contributed by atoms with Gasteiger partial charge in [0.1, 0.15) is 0 Å². The van der Waals surface area contributed by atoms with Gasteiger partial charge in [0.25, 0.3) is 5.91 Å². The van der Waals surface area contributed by atoms with Crippen LogP contribution in [-0.4, -0.2) is 15.9 Å². The SMILES string of the molecule is Cc1ccc(C)c(NC(=O)c2cncc(NCc3cccnc3)c2)c1. The van der Waals surface area contributed by atoms with E-state index >= 15 is 0 Å². The van der Waals surface area contributed by atoms with Crippen molar-refractivity contribution in [2.45, 2.75) is 20.4 Å². The molecule has 0 aliphatic rings. The summed E-state index contributed by atoms with van der Waals surface area (Å²) >= 11 is 0. The summed E-state index contributed by atoms with van der Waals surface area (Å²) in [5.41, 5.74) is 5.31. The molecule has 1 aromatic carbocycles. The van der Waals surface area contributed by atoms with Crippen molar-refractivity contribution >= 4 is 17.3 Å². The largest absolute Gasteiger partial charge is 0.380 e. The van der Waals surface area contributed by atoms with Crippen LogP contribution in [0.1, 0.15) is 27.0 Å². The molecule has 3 aromatic rings. The predicted molar refractivity (Wildman–Crippen MR) is 99.7 cm³/mol. The molecule has 0 bridgehead atoms. The second-order valence-electron chi connectivity index (χ2n) is 5.95. The van der Waals surface area contributed by atoms with Gasteiger partial charge in [0.2, 0.25) is 0 Å². The smallest absolute Gasteiger partial charge is 0.257 e. The minimum atomic E-state index is -0.175. The fourth-order valence-electron chi connectivity index (χ4n) is 2.43. The third-order valence-electron chi connectivity index (χ3n) is 3.86. The molecule has 0 unspecified atom stereocenters. The van der Waals surface area contributed by atoms with Crippen LogP contribution in [0, 0.1) is 13.8 Å². The molecule has 0 radical (unpaired) electrons. The number of nitrogens with one attached hydrogen (secondary N) is 2. The molecule has 0 saturated carbocycles. The number of anilines is 2. The van der Waals surface area contributed by atoms with Gasteiger partial charge < -0.3 is 10.6 Å². The molecule has 5 nitrogen and oxygen atoms in total. The van der Waals surface area contributed by atoms with E-state index in [0.717, 1.165) is 28.1 Å².